The fourth-order valence-corrected chi connectivity index (χ4v) is 2.39. The molecule has 0 aromatic heterocycles. The summed E-state index contributed by atoms with van der Waals surface area (Å²) in [5.74, 6) is 1.93. The smallest absolute Gasteiger partial charge is 0.124 e. The topological polar surface area (TPSA) is 30.5 Å². The van der Waals surface area contributed by atoms with Gasteiger partial charge in [-0.3, -0.25) is 0 Å². The van der Waals surface area contributed by atoms with Crippen LogP contribution in [-0.4, -0.2) is 19.8 Å². The standard InChI is InChI=1S/C14H19NO2/c1-16-11-6-7-14-12(9-11)13(3-2-8-17-14)15-10-4-5-10/h6-7,9-10,13,15H,2-5,8H2,1H3. The molecular formula is C14H19NO2. The first-order chi connectivity index (χ1) is 8.36. The summed E-state index contributed by atoms with van der Waals surface area (Å²) in [6.45, 7) is 0.822. The molecule has 17 heavy (non-hydrogen) atoms. The van der Waals surface area contributed by atoms with Crippen LogP contribution in [0.2, 0.25) is 0 Å². The van der Waals surface area contributed by atoms with Gasteiger partial charge in [0, 0.05) is 17.6 Å². The van der Waals surface area contributed by atoms with E-state index in [-0.39, 0.29) is 0 Å². The van der Waals surface area contributed by atoms with Gasteiger partial charge in [-0.05, 0) is 43.9 Å². The first-order valence-corrected chi connectivity index (χ1v) is 6.43. The number of rotatable bonds is 3. The summed E-state index contributed by atoms with van der Waals surface area (Å²) in [7, 11) is 1.71. The van der Waals surface area contributed by atoms with Crippen molar-refractivity contribution in [2.75, 3.05) is 13.7 Å². The molecule has 1 aromatic carbocycles. The lowest BCUT2D eigenvalue weighted by Gasteiger charge is -2.18. The Morgan fingerprint density at radius 3 is 2.94 bits per heavy atom. The number of nitrogens with one attached hydrogen (secondary N) is 1. The first-order valence-electron chi connectivity index (χ1n) is 6.43. The zero-order valence-electron chi connectivity index (χ0n) is 10.2. The van der Waals surface area contributed by atoms with Crippen LogP contribution < -0.4 is 14.8 Å². The van der Waals surface area contributed by atoms with E-state index < -0.39 is 0 Å². The largest absolute Gasteiger partial charge is 0.497 e. The summed E-state index contributed by atoms with van der Waals surface area (Å²) in [5.41, 5.74) is 1.26. The third kappa shape index (κ3) is 2.39. The van der Waals surface area contributed by atoms with Gasteiger partial charge in [-0.1, -0.05) is 0 Å². The maximum atomic E-state index is 5.78. The second-order valence-corrected chi connectivity index (χ2v) is 4.89. The Hall–Kier alpha value is -1.22. The molecule has 1 atom stereocenters. The number of fused-ring (bicyclic) bond motifs is 1. The van der Waals surface area contributed by atoms with Crippen LogP contribution in [0.15, 0.2) is 18.2 Å². The SMILES string of the molecule is COc1ccc2c(c1)C(NC1CC1)CCCO2. The number of benzene rings is 1. The van der Waals surface area contributed by atoms with Crippen molar-refractivity contribution in [2.45, 2.75) is 37.8 Å². The van der Waals surface area contributed by atoms with Gasteiger partial charge in [-0.15, -0.1) is 0 Å². The summed E-state index contributed by atoms with van der Waals surface area (Å²) in [6.07, 6.45) is 4.89. The van der Waals surface area contributed by atoms with Gasteiger partial charge in [0.2, 0.25) is 0 Å². The molecule has 0 saturated heterocycles. The molecule has 0 amide bonds. The Kier molecular flexibility index (Phi) is 2.93. The van der Waals surface area contributed by atoms with E-state index >= 15 is 0 Å². The molecular weight excluding hydrogens is 214 g/mol. The lowest BCUT2D eigenvalue weighted by Crippen LogP contribution is -2.23. The van der Waals surface area contributed by atoms with Gasteiger partial charge in [-0.25, -0.2) is 0 Å². The minimum absolute atomic E-state index is 0.426. The normalized spacial score (nSPS) is 23.5. The van der Waals surface area contributed by atoms with Crippen molar-refractivity contribution in [3.8, 4) is 11.5 Å². The van der Waals surface area contributed by atoms with E-state index in [9.17, 15) is 0 Å². The number of ether oxygens (including phenoxy) is 2. The molecule has 3 nitrogen and oxygen atoms in total. The molecule has 0 bridgehead atoms. The van der Waals surface area contributed by atoms with E-state index in [0.29, 0.717) is 6.04 Å². The van der Waals surface area contributed by atoms with Crippen molar-refractivity contribution in [3.63, 3.8) is 0 Å². The highest BCUT2D eigenvalue weighted by Gasteiger charge is 2.28. The molecule has 1 aliphatic carbocycles. The van der Waals surface area contributed by atoms with Crippen molar-refractivity contribution in [1.82, 2.24) is 5.32 Å². The monoisotopic (exact) mass is 233 g/mol. The number of methoxy groups -OCH3 is 1. The van der Waals surface area contributed by atoms with Gasteiger partial charge in [0.15, 0.2) is 0 Å². The molecule has 3 rings (SSSR count). The molecule has 1 aliphatic heterocycles. The quantitative estimate of drug-likeness (QED) is 0.870. The Balaban J connectivity index is 1.90. The Bertz CT molecular complexity index is 401. The minimum Gasteiger partial charge on any atom is -0.497 e. The van der Waals surface area contributed by atoms with Gasteiger partial charge < -0.3 is 14.8 Å². The van der Waals surface area contributed by atoms with Crippen molar-refractivity contribution < 1.29 is 9.47 Å². The zero-order chi connectivity index (χ0) is 11.7. The fraction of sp³-hybridized carbons (Fsp3) is 0.571. The van der Waals surface area contributed by atoms with E-state index in [1.165, 1.54) is 18.4 Å². The fourth-order valence-electron chi connectivity index (χ4n) is 2.39. The van der Waals surface area contributed by atoms with Crippen LogP contribution >= 0.6 is 0 Å². The van der Waals surface area contributed by atoms with Crippen LogP contribution in [-0.2, 0) is 0 Å². The van der Waals surface area contributed by atoms with Gasteiger partial charge >= 0.3 is 0 Å². The van der Waals surface area contributed by atoms with E-state index in [1.54, 1.807) is 7.11 Å². The van der Waals surface area contributed by atoms with Crippen LogP contribution in [0.5, 0.6) is 11.5 Å². The average Bonchev–Trinajstić information content (AvgIpc) is 3.17. The molecule has 1 fully saturated rings. The Morgan fingerprint density at radius 2 is 2.18 bits per heavy atom. The van der Waals surface area contributed by atoms with Crippen LogP contribution in [0.4, 0.5) is 0 Å². The van der Waals surface area contributed by atoms with Crippen molar-refractivity contribution in [3.05, 3.63) is 23.8 Å². The second kappa shape index (κ2) is 4.57. The zero-order valence-corrected chi connectivity index (χ0v) is 10.2. The maximum absolute atomic E-state index is 5.78. The molecule has 92 valence electrons. The van der Waals surface area contributed by atoms with Crippen LogP contribution in [0.1, 0.15) is 37.3 Å². The molecule has 1 heterocycles. The van der Waals surface area contributed by atoms with Crippen LogP contribution in [0, 0.1) is 0 Å². The van der Waals surface area contributed by atoms with Gasteiger partial charge in [0.1, 0.15) is 11.5 Å². The Morgan fingerprint density at radius 1 is 1.29 bits per heavy atom. The van der Waals surface area contributed by atoms with E-state index in [4.69, 9.17) is 9.47 Å². The molecule has 1 saturated carbocycles. The highest BCUT2D eigenvalue weighted by atomic mass is 16.5. The summed E-state index contributed by atoms with van der Waals surface area (Å²) in [5, 5.41) is 3.70. The first kappa shape index (κ1) is 10.9. The molecule has 1 N–H and O–H groups in total. The molecule has 2 aliphatic rings. The highest BCUT2D eigenvalue weighted by molar-refractivity contribution is 5.42. The second-order valence-electron chi connectivity index (χ2n) is 4.89. The predicted molar refractivity (Wildman–Crippen MR) is 66.6 cm³/mol. The molecule has 0 radical (unpaired) electrons. The van der Waals surface area contributed by atoms with E-state index in [2.05, 4.69) is 11.4 Å². The summed E-state index contributed by atoms with van der Waals surface area (Å²) in [6, 6.07) is 7.26. The average molecular weight is 233 g/mol. The lowest BCUT2D eigenvalue weighted by molar-refractivity contribution is 0.314. The Labute approximate surface area is 102 Å². The number of hydrogen-bond acceptors (Lipinski definition) is 3. The lowest BCUT2D eigenvalue weighted by atomic mass is 10.0. The van der Waals surface area contributed by atoms with Crippen molar-refractivity contribution >= 4 is 0 Å². The van der Waals surface area contributed by atoms with Gasteiger partial charge in [0.25, 0.3) is 0 Å². The summed E-state index contributed by atoms with van der Waals surface area (Å²) >= 11 is 0. The van der Waals surface area contributed by atoms with Crippen molar-refractivity contribution in [1.29, 1.82) is 0 Å². The third-order valence-corrected chi connectivity index (χ3v) is 3.50. The van der Waals surface area contributed by atoms with Crippen molar-refractivity contribution in [2.24, 2.45) is 0 Å². The van der Waals surface area contributed by atoms with Crippen LogP contribution in [0.3, 0.4) is 0 Å². The third-order valence-electron chi connectivity index (χ3n) is 3.50. The summed E-state index contributed by atoms with van der Waals surface area (Å²) < 4.78 is 11.1. The number of hydrogen-bond donors (Lipinski definition) is 1. The maximum Gasteiger partial charge on any atom is 0.124 e. The predicted octanol–water partition coefficient (Wildman–Crippen LogP) is 2.66. The van der Waals surface area contributed by atoms with E-state index in [0.717, 1.165) is 37.0 Å². The van der Waals surface area contributed by atoms with Gasteiger partial charge in [-0.2, -0.15) is 0 Å². The molecule has 1 aromatic rings. The summed E-state index contributed by atoms with van der Waals surface area (Å²) in [4.78, 5) is 0. The molecule has 0 spiro atoms. The van der Waals surface area contributed by atoms with E-state index in [1.807, 2.05) is 12.1 Å². The van der Waals surface area contributed by atoms with Gasteiger partial charge in [0.05, 0.1) is 13.7 Å². The minimum atomic E-state index is 0.426. The molecule has 1 unspecified atom stereocenters. The van der Waals surface area contributed by atoms with Crippen LogP contribution in [0.25, 0.3) is 0 Å². The molecule has 3 heteroatoms. The highest BCUT2D eigenvalue weighted by Crippen LogP contribution is 2.36.